The minimum Gasteiger partial charge on any atom is -0.497 e. The summed E-state index contributed by atoms with van der Waals surface area (Å²) in [6.07, 6.45) is 3.06. The first-order valence-electron chi connectivity index (χ1n) is 10.5. The van der Waals surface area contributed by atoms with E-state index in [0.717, 1.165) is 24.2 Å². The van der Waals surface area contributed by atoms with Gasteiger partial charge in [0.05, 0.1) is 14.2 Å². The number of carbonyl (C=O) groups is 2. The van der Waals surface area contributed by atoms with Gasteiger partial charge in [-0.15, -0.1) is 0 Å². The van der Waals surface area contributed by atoms with Gasteiger partial charge in [-0.1, -0.05) is 0 Å². The summed E-state index contributed by atoms with van der Waals surface area (Å²) in [7, 11) is 3.15. The molecule has 0 aromatic heterocycles. The fourth-order valence-electron chi connectivity index (χ4n) is 3.72. The zero-order chi connectivity index (χ0) is 22.2. The summed E-state index contributed by atoms with van der Waals surface area (Å²) in [5, 5.41) is 2.79. The van der Waals surface area contributed by atoms with Crippen LogP contribution in [0.15, 0.2) is 36.4 Å². The van der Waals surface area contributed by atoms with E-state index in [1.807, 2.05) is 37.3 Å². The van der Waals surface area contributed by atoms with Crippen molar-refractivity contribution in [2.24, 2.45) is 0 Å². The normalized spacial score (nSPS) is 13.1. The van der Waals surface area contributed by atoms with E-state index in [2.05, 4.69) is 10.2 Å². The fraction of sp³-hybridized carbons (Fsp3) is 0.417. The molecule has 7 nitrogen and oxygen atoms in total. The highest BCUT2D eigenvalue weighted by Gasteiger charge is 2.15. The minimum absolute atomic E-state index is 0.160. The topological polar surface area (TPSA) is 77.1 Å². The van der Waals surface area contributed by atoms with Crippen LogP contribution >= 0.6 is 0 Å². The summed E-state index contributed by atoms with van der Waals surface area (Å²) in [5.74, 6) is 0.531. The number of methoxy groups -OCH3 is 2. The van der Waals surface area contributed by atoms with E-state index >= 15 is 0 Å². The summed E-state index contributed by atoms with van der Waals surface area (Å²) in [5.41, 5.74) is 3.91. The monoisotopic (exact) mass is 426 g/mol. The molecule has 2 aromatic rings. The fourth-order valence-corrected chi connectivity index (χ4v) is 3.72. The Labute approximate surface area is 183 Å². The number of carbonyl (C=O) groups excluding carboxylic acids is 2. The van der Waals surface area contributed by atoms with Gasteiger partial charge >= 0.3 is 5.97 Å². The first-order chi connectivity index (χ1) is 15.0. The summed E-state index contributed by atoms with van der Waals surface area (Å²) < 4.78 is 15.6. The molecule has 166 valence electrons. The van der Waals surface area contributed by atoms with Crippen molar-refractivity contribution in [1.29, 1.82) is 0 Å². The van der Waals surface area contributed by atoms with Crippen molar-refractivity contribution in [3.05, 3.63) is 47.5 Å². The second-order valence-electron chi connectivity index (χ2n) is 7.63. The van der Waals surface area contributed by atoms with Crippen LogP contribution in [-0.2, 0) is 20.7 Å². The van der Waals surface area contributed by atoms with E-state index in [4.69, 9.17) is 14.2 Å². The van der Waals surface area contributed by atoms with Crippen LogP contribution in [0.2, 0.25) is 0 Å². The van der Waals surface area contributed by atoms with Gasteiger partial charge in [0.25, 0.3) is 5.91 Å². The molecule has 0 bridgehead atoms. The van der Waals surface area contributed by atoms with Crippen molar-refractivity contribution < 1.29 is 23.8 Å². The molecule has 3 rings (SSSR count). The highest BCUT2D eigenvalue weighted by molar-refractivity contribution is 5.93. The van der Waals surface area contributed by atoms with Gasteiger partial charge in [0.2, 0.25) is 0 Å². The van der Waals surface area contributed by atoms with E-state index in [1.54, 1.807) is 20.3 Å². The maximum Gasteiger partial charge on any atom is 0.306 e. The van der Waals surface area contributed by atoms with Crippen LogP contribution in [0, 0.1) is 6.92 Å². The summed E-state index contributed by atoms with van der Waals surface area (Å²) in [4.78, 5) is 26.6. The lowest BCUT2D eigenvalue weighted by Gasteiger charge is -2.20. The number of nitrogens with one attached hydrogen (secondary N) is 1. The van der Waals surface area contributed by atoms with Gasteiger partial charge < -0.3 is 24.4 Å². The first kappa shape index (κ1) is 22.5. The van der Waals surface area contributed by atoms with Crippen molar-refractivity contribution >= 4 is 23.3 Å². The third-order valence-electron chi connectivity index (χ3n) is 5.32. The Morgan fingerprint density at radius 1 is 1.00 bits per heavy atom. The molecule has 31 heavy (non-hydrogen) atoms. The summed E-state index contributed by atoms with van der Waals surface area (Å²) >= 11 is 0. The Balaban J connectivity index is 1.45. The Morgan fingerprint density at radius 3 is 2.29 bits per heavy atom. The van der Waals surface area contributed by atoms with Crippen LogP contribution in [0.4, 0.5) is 11.4 Å². The van der Waals surface area contributed by atoms with Gasteiger partial charge in [0, 0.05) is 37.0 Å². The molecule has 1 fully saturated rings. The molecule has 0 unspecified atom stereocenters. The second kappa shape index (κ2) is 10.7. The average Bonchev–Trinajstić information content (AvgIpc) is 3.30. The third kappa shape index (κ3) is 6.38. The molecule has 0 radical (unpaired) electrons. The number of rotatable bonds is 9. The number of aryl methyl sites for hydroxylation is 2. The molecule has 7 heteroatoms. The number of ether oxygens (including phenoxy) is 3. The standard InChI is InChI=1S/C24H30N2O5/c1-17-12-19(7-8-22(17)26-10-4-5-11-26)25-23(27)16-31-24(28)9-6-18-13-20(29-2)15-21(14-18)30-3/h7-8,12-15H,4-6,9-11,16H2,1-3H3,(H,25,27). The smallest absolute Gasteiger partial charge is 0.306 e. The largest absolute Gasteiger partial charge is 0.497 e. The van der Waals surface area contributed by atoms with Gasteiger partial charge in [0.1, 0.15) is 11.5 Å². The zero-order valence-electron chi connectivity index (χ0n) is 18.4. The van der Waals surface area contributed by atoms with Crippen molar-refractivity contribution in [2.45, 2.75) is 32.6 Å². The molecule has 1 heterocycles. The Morgan fingerprint density at radius 2 is 1.68 bits per heavy atom. The van der Waals surface area contributed by atoms with Gasteiger partial charge in [-0.3, -0.25) is 9.59 Å². The number of anilines is 2. The lowest BCUT2D eigenvalue weighted by atomic mass is 10.1. The van der Waals surface area contributed by atoms with Crippen LogP contribution in [0.1, 0.15) is 30.4 Å². The molecule has 1 N–H and O–H groups in total. The third-order valence-corrected chi connectivity index (χ3v) is 5.32. The molecule has 1 aliphatic heterocycles. The van der Waals surface area contributed by atoms with Crippen molar-refractivity contribution in [2.75, 3.05) is 44.1 Å². The zero-order valence-corrected chi connectivity index (χ0v) is 18.4. The maximum absolute atomic E-state index is 12.2. The molecule has 2 aromatic carbocycles. The number of nitrogens with zero attached hydrogens (tertiary/aromatic N) is 1. The van der Waals surface area contributed by atoms with Crippen LogP contribution in [0.3, 0.4) is 0 Å². The number of esters is 1. The Hall–Kier alpha value is -3.22. The van der Waals surface area contributed by atoms with Gasteiger partial charge in [-0.25, -0.2) is 0 Å². The molecule has 1 aliphatic rings. The van der Waals surface area contributed by atoms with E-state index in [-0.39, 0.29) is 18.9 Å². The maximum atomic E-state index is 12.2. The van der Waals surface area contributed by atoms with Gasteiger partial charge in [-0.05, 0) is 67.6 Å². The Bertz CT molecular complexity index is 900. The molecule has 1 saturated heterocycles. The predicted molar refractivity (Wildman–Crippen MR) is 120 cm³/mol. The number of hydrogen-bond acceptors (Lipinski definition) is 6. The van der Waals surface area contributed by atoms with E-state index in [9.17, 15) is 9.59 Å². The number of hydrogen-bond donors (Lipinski definition) is 1. The molecule has 0 atom stereocenters. The second-order valence-corrected chi connectivity index (χ2v) is 7.63. The average molecular weight is 427 g/mol. The molecule has 0 aliphatic carbocycles. The predicted octanol–water partition coefficient (Wildman–Crippen LogP) is 3.73. The van der Waals surface area contributed by atoms with Crippen LogP contribution in [-0.4, -0.2) is 45.8 Å². The molecule has 0 spiro atoms. The van der Waals surface area contributed by atoms with Gasteiger partial charge in [-0.2, -0.15) is 0 Å². The summed E-state index contributed by atoms with van der Waals surface area (Å²) in [6.45, 7) is 3.88. The molecule has 0 saturated carbocycles. The minimum atomic E-state index is -0.433. The highest BCUT2D eigenvalue weighted by atomic mass is 16.5. The first-order valence-corrected chi connectivity index (χ1v) is 10.5. The number of amides is 1. The summed E-state index contributed by atoms with van der Waals surface area (Å²) in [6, 6.07) is 11.3. The lowest BCUT2D eigenvalue weighted by molar-refractivity contribution is -0.147. The van der Waals surface area contributed by atoms with Crippen molar-refractivity contribution in [3.8, 4) is 11.5 Å². The molecule has 1 amide bonds. The SMILES string of the molecule is COc1cc(CCC(=O)OCC(=O)Nc2ccc(N3CCCC3)c(C)c2)cc(OC)c1. The molecular formula is C24H30N2O5. The number of benzene rings is 2. The van der Waals surface area contributed by atoms with Crippen LogP contribution in [0.25, 0.3) is 0 Å². The van der Waals surface area contributed by atoms with E-state index in [1.165, 1.54) is 18.5 Å². The van der Waals surface area contributed by atoms with Crippen molar-refractivity contribution in [1.82, 2.24) is 0 Å². The quantitative estimate of drug-likeness (QED) is 0.616. The van der Waals surface area contributed by atoms with E-state index in [0.29, 0.717) is 23.6 Å². The molecular weight excluding hydrogens is 396 g/mol. The van der Waals surface area contributed by atoms with Crippen LogP contribution in [0.5, 0.6) is 11.5 Å². The Kier molecular flexibility index (Phi) is 7.76. The van der Waals surface area contributed by atoms with Crippen LogP contribution < -0.4 is 19.7 Å². The van der Waals surface area contributed by atoms with Gasteiger partial charge in [0.15, 0.2) is 6.61 Å². The highest BCUT2D eigenvalue weighted by Crippen LogP contribution is 2.27. The lowest BCUT2D eigenvalue weighted by Crippen LogP contribution is -2.21. The van der Waals surface area contributed by atoms with E-state index < -0.39 is 5.97 Å². The van der Waals surface area contributed by atoms with Crippen molar-refractivity contribution in [3.63, 3.8) is 0 Å².